The van der Waals surface area contributed by atoms with Crippen LogP contribution in [0.5, 0.6) is 23.0 Å². The number of ether oxygens (including phenoxy) is 4. The maximum absolute atomic E-state index is 12.0. The molecule has 0 amide bonds. The second kappa shape index (κ2) is 15.0. The predicted octanol–water partition coefficient (Wildman–Crippen LogP) is 8.80. The number of carbonyl (C=O) groups is 2. The van der Waals surface area contributed by atoms with Gasteiger partial charge in [0.1, 0.15) is 34.4 Å². The number of H-pyrrole nitrogens is 2. The van der Waals surface area contributed by atoms with E-state index in [1.54, 1.807) is 55.7 Å². The van der Waals surface area contributed by atoms with Crippen LogP contribution in [0.3, 0.4) is 0 Å². The van der Waals surface area contributed by atoms with Crippen molar-refractivity contribution in [2.45, 2.75) is 6.92 Å². The van der Waals surface area contributed by atoms with Crippen molar-refractivity contribution >= 4 is 66.9 Å². The van der Waals surface area contributed by atoms with Gasteiger partial charge in [-0.2, -0.15) is 0 Å². The van der Waals surface area contributed by atoms with Crippen LogP contribution in [-0.2, 0) is 9.47 Å². The second-order valence-electron chi connectivity index (χ2n) is 11.8. The lowest BCUT2D eigenvalue weighted by atomic mass is 10.1. The summed E-state index contributed by atoms with van der Waals surface area (Å²) < 4.78 is 21.3. The number of hydrogen-bond donors (Lipinski definition) is 2. The van der Waals surface area contributed by atoms with Crippen LogP contribution >= 0.6 is 0 Å². The third-order valence-electron chi connectivity index (χ3n) is 8.35. The quantitative estimate of drug-likeness (QED) is 0.0806. The minimum atomic E-state index is -0.510. The molecule has 0 aliphatic heterocycles. The van der Waals surface area contributed by atoms with Crippen molar-refractivity contribution in [3.8, 4) is 23.0 Å². The van der Waals surface area contributed by atoms with E-state index in [1.165, 1.54) is 43.5 Å². The van der Waals surface area contributed by atoms with Gasteiger partial charge in [0.25, 0.3) is 11.4 Å². The second-order valence-corrected chi connectivity index (χ2v) is 11.8. The summed E-state index contributed by atoms with van der Waals surface area (Å²) in [4.78, 5) is 59.0. The van der Waals surface area contributed by atoms with E-state index in [9.17, 15) is 29.8 Å². The third-order valence-corrected chi connectivity index (χ3v) is 8.35. The van der Waals surface area contributed by atoms with Crippen molar-refractivity contribution in [3.63, 3.8) is 0 Å². The standard InChI is InChI=1S/C20H15N3O5.C19H13N3O5/c1-2-27-20(24)18-10-16-15-9-14(7-8-17(15)22-19(16)11-21-18)28-13-5-3-12(4-6-13)23(25)26;1-26-19(23)17-9-15-14-8-13(6-7-16(14)21-18(15)10-20-17)27-12-4-2-11(3-5-12)22(24)25/h3-11,22H,2H2,1H3;2-10,21H,1H3. The summed E-state index contributed by atoms with van der Waals surface area (Å²) in [5, 5.41) is 24.8. The maximum Gasteiger partial charge on any atom is 0.356 e. The molecule has 0 unspecified atom stereocenters. The van der Waals surface area contributed by atoms with E-state index >= 15 is 0 Å². The Bertz CT molecular complexity index is 2760. The smallest absolute Gasteiger partial charge is 0.356 e. The molecule has 8 rings (SSSR count). The normalized spacial score (nSPS) is 10.9. The van der Waals surface area contributed by atoms with Crippen LogP contribution in [-0.4, -0.2) is 55.4 Å². The number of methoxy groups -OCH3 is 1. The molecule has 0 radical (unpaired) electrons. The highest BCUT2D eigenvalue weighted by Crippen LogP contribution is 2.33. The average molecular weight is 741 g/mol. The van der Waals surface area contributed by atoms with Crippen molar-refractivity contribution in [1.82, 2.24) is 19.9 Å². The number of rotatable bonds is 9. The molecule has 0 aliphatic carbocycles. The number of aromatic amines is 2. The molecule has 0 bridgehead atoms. The first-order valence-electron chi connectivity index (χ1n) is 16.5. The number of aromatic nitrogens is 4. The molecule has 2 N–H and O–H groups in total. The zero-order valence-electron chi connectivity index (χ0n) is 29.0. The fourth-order valence-corrected chi connectivity index (χ4v) is 5.76. The SMILES string of the molecule is CCOC(=O)c1cc2c(cn1)[nH]c1ccc(Oc3ccc([N+](=O)[O-])cc3)cc12.COC(=O)c1cc2c(cn1)[nH]c1ccc(Oc3ccc([N+](=O)[O-])cc3)cc12. The average Bonchev–Trinajstić information content (AvgIpc) is 3.75. The molecule has 16 nitrogen and oxygen atoms in total. The van der Waals surface area contributed by atoms with Crippen molar-refractivity contribution in [2.75, 3.05) is 13.7 Å². The Morgan fingerprint density at radius 1 is 0.582 bits per heavy atom. The summed E-state index contributed by atoms with van der Waals surface area (Å²) in [5.74, 6) is 1.11. The number of nitrogens with one attached hydrogen (secondary N) is 2. The molecular weight excluding hydrogens is 712 g/mol. The molecule has 16 heteroatoms. The molecule has 8 aromatic rings. The van der Waals surface area contributed by atoms with Gasteiger partial charge in [-0.05, 0) is 79.7 Å². The van der Waals surface area contributed by atoms with E-state index in [2.05, 4.69) is 19.9 Å². The van der Waals surface area contributed by atoms with Crippen LogP contribution in [0.15, 0.2) is 109 Å². The molecule has 4 heterocycles. The summed E-state index contributed by atoms with van der Waals surface area (Å²) >= 11 is 0. The van der Waals surface area contributed by atoms with Crippen LogP contribution in [0.4, 0.5) is 11.4 Å². The van der Waals surface area contributed by atoms with Gasteiger partial charge in [0, 0.05) is 56.8 Å². The summed E-state index contributed by atoms with van der Waals surface area (Å²) in [7, 11) is 1.31. The number of nitro benzene ring substituents is 2. The molecule has 55 heavy (non-hydrogen) atoms. The topological polar surface area (TPSA) is 215 Å². The Kier molecular flexibility index (Phi) is 9.69. The zero-order valence-corrected chi connectivity index (χ0v) is 29.0. The molecule has 274 valence electrons. The zero-order chi connectivity index (χ0) is 38.6. The van der Waals surface area contributed by atoms with Gasteiger partial charge in [0.15, 0.2) is 0 Å². The highest BCUT2D eigenvalue weighted by molar-refractivity contribution is 6.10. The first-order chi connectivity index (χ1) is 26.6. The van der Waals surface area contributed by atoms with Gasteiger partial charge >= 0.3 is 11.9 Å². The van der Waals surface area contributed by atoms with Crippen molar-refractivity contribution in [2.24, 2.45) is 0 Å². The van der Waals surface area contributed by atoms with Crippen LogP contribution in [0, 0.1) is 20.2 Å². The predicted molar refractivity (Wildman–Crippen MR) is 201 cm³/mol. The maximum atomic E-state index is 12.0. The first-order valence-corrected chi connectivity index (χ1v) is 16.5. The van der Waals surface area contributed by atoms with E-state index in [0.717, 1.165) is 43.6 Å². The molecule has 4 aromatic heterocycles. The number of nitrogens with zero attached hydrogens (tertiary/aromatic N) is 4. The summed E-state index contributed by atoms with van der Waals surface area (Å²) in [5.41, 5.74) is 3.75. The monoisotopic (exact) mass is 740 g/mol. The lowest BCUT2D eigenvalue weighted by Gasteiger charge is -2.05. The van der Waals surface area contributed by atoms with Crippen LogP contribution in [0.2, 0.25) is 0 Å². The van der Waals surface area contributed by atoms with Gasteiger partial charge in [-0.15, -0.1) is 0 Å². The van der Waals surface area contributed by atoms with E-state index < -0.39 is 21.8 Å². The van der Waals surface area contributed by atoms with Gasteiger partial charge < -0.3 is 28.9 Å². The van der Waals surface area contributed by atoms with Crippen LogP contribution in [0.25, 0.3) is 43.6 Å². The number of carbonyl (C=O) groups excluding carboxylic acids is 2. The third kappa shape index (κ3) is 7.54. The Morgan fingerprint density at radius 2 is 0.982 bits per heavy atom. The van der Waals surface area contributed by atoms with Gasteiger partial charge in [-0.25, -0.2) is 19.6 Å². The highest BCUT2D eigenvalue weighted by Gasteiger charge is 2.15. The fraction of sp³-hybridized carbons (Fsp3) is 0.0769. The molecular formula is C39H28N6O10. The number of benzene rings is 4. The Labute approximate surface area is 309 Å². The van der Waals surface area contributed by atoms with Gasteiger partial charge in [-0.3, -0.25) is 20.2 Å². The number of esters is 2. The number of non-ortho nitro benzene ring substituents is 2. The van der Waals surface area contributed by atoms with Crippen molar-refractivity contribution < 1.29 is 38.4 Å². The molecule has 4 aromatic carbocycles. The Hall–Kier alpha value is -7.88. The van der Waals surface area contributed by atoms with Gasteiger partial charge in [-0.1, -0.05) is 0 Å². The van der Waals surface area contributed by atoms with Crippen LogP contribution < -0.4 is 9.47 Å². The minimum absolute atomic E-state index is 0.00146. The van der Waals surface area contributed by atoms with E-state index in [1.807, 2.05) is 24.3 Å². The lowest BCUT2D eigenvalue weighted by Crippen LogP contribution is -2.06. The number of fused-ring (bicyclic) bond motifs is 6. The minimum Gasteiger partial charge on any atom is -0.464 e. The summed E-state index contributed by atoms with van der Waals surface area (Å²) in [6.07, 6.45) is 3.18. The van der Waals surface area contributed by atoms with E-state index in [4.69, 9.17) is 18.9 Å². The highest BCUT2D eigenvalue weighted by atomic mass is 16.6. The number of hydrogen-bond acceptors (Lipinski definition) is 12. The molecule has 0 saturated heterocycles. The van der Waals surface area contributed by atoms with Crippen LogP contribution in [0.1, 0.15) is 27.9 Å². The first kappa shape index (κ1) is 35.5. The molecule has 0 saturated carbocycles. The van der Waals surface area contributed by atoms with Crippen molar-refractivity contribution in [3.05, 3.63) is 141 Å². The summed E-state index contributed by atoms with van der Waals surface area (Å²) in [6.45, 7) is 2.02. The van der Waals surface area contributed by atoms with Gasteiger partial charge in [0.05, 0.1) is 47.0 Å². The Balaban J connectivity index is 0.000000169. The molecule has 0 spiro atoms. The molecule has 0 atom stereocenters. The number of nitro groups is 2. The molecule has 0 fully saturated rings. The van der Waals surface area contributed by atoms with E-state index in [-0.39, 0.29) is 29.4 Å². The summed E-state index contributed by atoms with van der Waals surface area (Å²) in [6, 6.07) is 26.0. The largest absolute Gasteiger partial charge is 0.464 e. The number of pyridine rings is 2. The molecule has 0 aliphatic rings. The van der Waals surface area contributed by atoms with E-state index in [0.29, 0.717) is 23.0 Å². The van der Waals surface area contributed by atoms with Crippen molar-refractivity contribution in [1.29, 1.82) is 0 Å². The fourth-order valence-electron chi connectivity index (χ4n) is 5.76. The Morgan fingerprint density at radius 3 is 1.38 bits per heavy atom. The van der Waals surface area contributed by atoms with Gasteiger partial charge in [0.2, 0.25) is 0 Å². The lowest BCUT2D eigenvalue weighted by molar-refractivity contribution is -0.385.